The molecular formula is C13H23N7. The van der Waals surface area contributed by atoms with Crippen LogP contribution < -0.4 is 16.2 Å². The van der Waals surface area contributed by atoms with Gasteiger partial charge in [0.05, 0.1) is 11.6 Å². The van der Waals surface area contributed by atoms with Crippen molar-refractivity contribution in [3.05, 3.63) is 6.20 Å². The fourth-order valence-corrected chi connectivity index (χ4v) is 2.19. The van der Waals surface area contributed by atoms with E-state index in [0.29, 0.717) is 17.6 Å². The molecule has 2 aromatic rings. The first-order valence-corrected chi connectivity index (χ1v) is 7.15. The van der Waals surface area contributed by atoms with E-state index in [1.165, 1.54) is 0 Å². The molecule has 0 saturated carbocycles. The lowest BCUT2D eigenvalue weighted by Gasteiger charge is -2.30. The molecule has 1 atom stereocenters. The summed E-state index contributed by atoms with van der Waals surface area (Å²) in [6, 6.07) is 0.403. The van der Waals surface area contributed by atoms with E-state index in [1.807, 2.05) is 0 Å². The van der Waals surface area contributed by atoms with Gasteiger partial charge in [-0.2, -0.15) is 15.1 Å². The number of rotatable bonds is 7. The zero-order valence-corrected chi connectivity index (χ0v) is 12.3. The molecule has 2 rings (SSSR count). The summed E-state index contributed by atoms with van der Waals surface area (Å²) in [4.78, 5) is 11.1. The highest BCUT2D eigenvalue weighted by atomic mass is 15.3. The number of nitrogens with zero attached hydrogens (tertiary/aromatic N) is 4. The zero-order valence-electron chi connectivity index (χ0n) is 12.3. The van der Waals surface area contributed by atoms with Gasteiger partial charge in [-0.15, -0.1) is 0 Å². The first kappa shape index (κ1) is 14.5. The third-order valence-corrected chi connectivity index (χ3v) is 3.57. The minimum absolute atomic E-state index is 0.403. The molecule has 0 aromatic carbocycles. The van der Waals surface area contributed by atoms with Gasteiger partial charge in [-0.05, 0) is 19.8 Å². The van der Waals surface area contributed by atoms with Gasteiger partial charge in [-0.1, -0.05) is 20.3 Å². The van der Waals surface area contributed by atoms with Crippen molar-refractivity contribution >= 4 is 22.8 Å². The molecule has 1 unspecified atom stereocenters. The number of nitrogens with two attached hydrogens (primary N) is 1. The number of nitrogens with one attached hydrogen (secondary N) is 2. The monoisotopic (exact) mass is 277 g/mol. The Hall–Kier alpha value is -1.89. The number of unbranched alkanes of at least 4 members (excludes halogenated alkanes) is 1. The molecule has 7 nitrogen and oxygen atoms in total. The van der Waals surface area contributed by atoms with Gasteiger partial charge in [0.25, 0.3) is 0 Å². The van der Waals surface area contributed by atoms with Gasteiger partial charge in [0, 0.05) is 12.6 Å². The maximum atomic E-state index is 5.46. The second-order valence-electron chi connectivity index (χ2n) is 4.95. The number of nitrogen functional groups attached to an aromatic ring is 1. The Morgan fingerprint density at radius 3 is 2.85 bits per heavy atom. The van der Waals surface area contributed by atoms with Crippen LogP contribution in [-0.2, 0) is 0 Å². The number of hydrazine groups is 1. The number of hydrogen-bond acceptors (Lipinski definition) is 6. The molecule has 20 heavy (non-hydrogen) atoms. The fourth-order valence-electron chi connectivity index (χ4n) is 2.19. The Kier molecular flexibility index (Phi) is 4.73. The Morgan fingerprint density at radius 2 is 2.20 bits per heavy atom. The van der Waals surface area contributed by atoms with Crippen LogP contribution in [0.3, 0.4) is 0 Å². The number of aromatic amines is 1. The molecule has 4 N–H and O–H groups in total. The summed E-state index contributed by atoms with van der Waals surface area (Å²) in [5.41, 5.74) is 3.22. The first-order valence-electron chi connectivity index (χ1n) is 7.15. The van der Waals surface area contributed by atoms with Crippen molar-refractivity contribution in [2.24, 2.45) is 5.84 Å². The van der Waals surface area contributed by atoms with Crippen LogP contribution in [0.15, 0.2) is 6.20 Å². The SMILES string of the molecule is CCCCN(c1nc(NN)nc2[nH]ncc12)C(C)CC. The van der Waals surface area contributed by atoms with Crippen molar-refractivity contribution in [2.45, 2.75) is 46.1 Å². The molecule has 0 aliphatic rings. The second-order valence-corrected chi connectivity index (χ2v) is 4.95. The summed E-state index contributed by atoms with van der Waals surface area (Å²) in [5, 5.41) is 7.87. The van der Waals surface area contributed by atoms with Crippen LogP contribution in [0.2, 0.25) is 0 Å². The Morgan fingerprint density at radius 1 is 1.40 bits per heavy atom. The first-order chi connectivity index (χ1) is 9.71. The average molecular weight is 277 g/mol. The van der Waals surface area contributed by atoms with Crippen LogP contribution >= 0.6 is 0 Å². The molecule has 0 amide bonds. The van der Waals surface area contributed by atoms with E-state index in [9.17, 15) is 0 Å². The number of anilines is 2. The lowest BCUT2D eigenvalue weighted by Crippen LogP contribution is -2.34. The standard InChI is InChI=1S/C13H23N7/c1-4-6-7-20(9(3)5-2)12-10-8-15-19-11(10)16-13(17-12)18-14/h8-9H,4-7,14H2,1-3H3,(H2,15,16,17,18,19). The molecule has 110 valence electrons. The molecule has 0 aliphatic heterocycles. The molecule has 0 aliphatic carbocycles. The number of fused-ring (bicyclic) bond motifs is 1. The smallest absolute Gasteiger partial charge is 0.241 e. The fraction of sp³-hybridized carbons (Fsp3) is 0.615. The van der Waals surface area contributed by atoms with E-state index < -0.39 is 0 Å². The summed E-state index contributed by atoms with van der Waals surface area (Å²) < 4.78 is 0. The quantitative estimate of drug-likeness (QED) is 0.529. The van der Waals surface area contributed by atoms with Crippen molar-refractivity contribution in [1.29, 1.82) is 0 Å². The predicted octanol–water partition coefficient (Wildman–Crippen LogP) is 2.04. The number of aromatic nitrogens is 4. The van der Waals surface area contributed by atoms with E-state index in [4.69, 9.17) is 5.84 Å². The summed E-state index contributed by atoms with van der Waals surface area (Å²) in [6.45, 7) is 7.54. The Labute approximate surface area is 118 Å². The van der Waals surface area contributed by atoms with Crippen LogP contribution in [-0.4, -0.2) is 32.8 Å². The van der Waals surface area contributed by atoms with Gasteiger partial charge >= 0.3 is 0 Å². The minimum atomic E-state index is 0.403. The zero-order chi connectivity index (χ0) is 14.5. The second kappa shape index (κ2) is 6.51. The average Bonchev–Trinajstić information content (AvgIpc) is 2.95. The molecular weight excluding hydrogens is 254 g/mol. The normalized spacial score (nSPS) is 12.6. The van der Waals surface area contributed by atoms with Crippen LogP contribution in [0.4, 0.5) is 11.8 Å². The van der Waals surface area contributed by atoms with Crippen molar-refractivity contribution in [3.8, 4) is 0 Å². The van der Waals surface area contributed by atoms with E-state index in [0.717, 1.165) is 37.0 Å². The third kappa shape index (κ3) is 2.82. The summed E-state index contributed by atoms with van der Waals surface area (Å²) in [6.07, 6.45) is 5.10. The van der Waals surface area contributed by atoms with E-state index in [2.05, 4.69) is 51.3 Å². The minimum Gasteiger partial charge on any atom is -0.353 e. The largest absolute Gasteiger partial charge is 0.353 e. The lowest BCUT2D eigenvalue weighted by molar-refractivity contribution is 0.591. The van der Waals surface area contributed by atoms with Crippen molar-refractivity contribution in [1.82, 2.24) is 20.2 Å². The molecule has 2 aromatic heterocycles. The Balaban J connectivity index is 2.47. The van der Waals surface area contributed by atoms with Crippen LogP contribution in [0.5, 0.6) is 0 Å². The highest BCUT2D eigenvalue weighted by Crippen LogP contribution is 2.26. The van der Waals surface area contributed by atoms with Crippen molar-refractivity contribution < 1.29 is 0 Å². The highest BCUT2D eigenvalue weighted by molar-refractivity contribution is 5.87. The van der Waals surface area contributed by atoms with Crippen molar-refractivity contribution in [3.63, 3.8) is 0 Å². The number of hydrogen-bond donors (Lipinski definition) is 3. The molecule has 7 heteroatoms. The van der Waals surface area contributed by atoms with Gasteiger partial charge in [-0.25, -0.2) is 5.84 Å². The number of H-pyrrole nitrogens is 1. The predicted molar refractivity (Wildman–Crippen MR) is 81.5 cm³/mol. The molecule has 0 saturated heterocycles. The summed E-state index contributed by atoms with van der Waals surface area (Å²) in [7, 11) is 0. The molecule has 0 fully saturated rings. The molecule has 2 heterocycles. The lowest BCUT2D eigenvalue weighted by atomic mass is 10.2. The van der Waals surface area contributed by atoms with E-state index in [1.54, 1.807) is 6.20 Å². The van der Waals surface area contributed by atoms with Crippen LogP contribution in [0.25, 0.3) is 11.0 Å². The van der Waals surface area contributed by atoms with Gasteiger partial charge < -0.3 is 4.90 Å². The molecule has 0 radical (unpaired) electrons. The Bertz CT molecular complexity index is 551. The summed E-state index contributed by atoms with van der Waals surface area (Å²) in [5.74, 6) is 6.75. The van der Waals surface area contributed by atoms with Gasteiger partial charge in [0.2, 0.25) is 5.95 Å². The topological polar surface area (TPSA) is 95.8 Å². The van der Waals surface area contributed by atoms with Gasteiger partial charge in [-0.3, -0.25) is 10.5 Å². The third-order valence-electron chi connectivity index (χ3n) is 3.57. The van der Waals surface area contributed by atoms with Crippen LogP contribution in [0, 0.1) is 0 Å². The molecule has 0 spiro atoms. The van der Waals surface area contributed by atoms with Crippen molar-refractivity contribution in [2.75, 3.05) is 16.9 Å². The van der Waals surface area contributed by atoms with Gasteiger partial charge in [0.1, 0.15) is 5.82 Å². The highest BCUT2D eigenvalue weighted by Gasteiger charge is 2.19. The maximum Gasteiger partial charge on any atom is 0.241 e. The van der Waals surface area contributed by atoms with Crippen LogP contribution in [0.1, 0.15) is 40.0 Å². The van der Waals surface area contributed by atoms with E-state index in [-0.39, 0.29) is 0 Å². The van der Waals surface area contributed by atoms with E-state index >= 15 is 0 Å². The van der Waals surface area contributed by atoms with Gasteiger partial charge in [0.15, 0.2) is 5.65 Å². The summed E-state index contributed by atoms with van der Waals surface area (Å²) >= 11 is 0. The maximum absolute atomic E-state index is 5.46. The molecule has 0 bridgehead atoms.